The molecular formula is C10H11F3N2S. The van der Waals surface area contributed by atoms with Gasteiger partial charge in [-0.3, -0.25) is 4.98 Å². The molecule has 0 N–H and O–H groups in total. The quantitative estimate of drug-likeness (QED) is 0.591. The smallest absolute Gasteiger partial charge is 0.376 e. The molecule has 1 aromatic rings. The Morgan fingerprint density at radius 3 is 2.31 bits per heavy atom. The molecule has 0 aromatic carbocycles. The third-order valence-electron chi connectivity index (χ3n) is 2.01. The average molecular weight is 248 g/mol. The number of thiocarbonyl (C=S) groups is 1. The van der Waals surface area contributed by atoms with Crippen LogP contribution in [-0.4, -0.2) is 23.9 Å². The Morgan fingerprint density at radius 2 is 1.94 bits per heavy atom. The van der Waals surface area contributed by atoms with E-state index in [-0.39, 0.29) is 0 Å². The fourth-order valence-electron chi connectivity index (χ4n) is 1.22. The van der Waals surface area contributed by atoms with Crippen molar-refractivity contribution in [3.63, 3.8) is 0 Å². The lowest BCUT2D eigenvalue weighted by Crippen LogP contribution is -2.16. The number of hydrogen-bond acceptors (Lipinski definition) is 3. The number of alkyl halides is 3. The zero-order chi connectivity index (χ0) is 12.5. The summed E-state index contributed by atoms with van der Waals surface area (Å²) in [5.74, 6) is 0. The van der Waals surface area contributed by atoms with Gasteiger partial charge in [0.2, 0.25) is 0 Å². The zero-order valence-corrected chi connectivity index (χ0v) is 9.91. The molecule has 0 radical (unpaired) electrons. The highest BCUT2D eigenvalue weighted by molar-refractivity contribution is 7.80. The topological polar surface area (TPSA) is 16.1 Å². The Morgan fingerprint density at radius 1 is 1.38 bits per heavy atom. The summed E-state index contributed by atoms with van der Waals surface area (Å²) in [5.41, 5.74) is 0.0199. The molecule has 1 heterocycles. The molecule has 0 fully saturated rings. The maximum atomic E-state index is 12.5. The van der Waals surface area contributed by atoms with Crippen molar-refractivity contribution >= 4 is 22.8 Å². The first-order valence-electron chi connectivity index (χ1n) is 4.49. The summed E-state index contributed by atoms with van der Waals surface area (Å²) in [6.07, 6.45) is -3.58. The van der Waals surface area contributed by atoms with E-state index in [1.54, 1.807) is 25.9 Å². The fourth-order valence-corrected chi connectivity index (χ4v) is 1.38. The van der Waals surface area contributed by atoms with E-state index >= 15 is 0 Å². The maximum Gasteiger partial charge on any atom is 0.417 e. The Bertz CT molecular complexity index is 413. The first kappa shape index (κ1) is 12.9. The molecule has 2 nitrogen and oxygen atoms in total. The van der Waals surface area contributed by atoms with Crippen molar-refractivity contribution in [2.45, 2.75) is 13.1 Å². The van der Waals surface area contributed by atoms with Crippen LogP contribution in [0.25, 0.3) is 0 Å². The lowest BCUT2D eigenvalue weighted by molar-refractivity contribution is -0.137. The Kier molecular flexibility index (Phi) is 3.52. The van der Waals surface area contributed by atoms with Crippen molar-refractivity contribution in [2.75, 3.05) is 19.0 Å². The van der Waals surface area contributed by atoms with Gasteiger partial charge in [-0.2, -0.15) is 13.2 Å². The minimum atomic E-state index is -4.38. The summed E-state index contributed by atoms with van der Waals surface area (Å²) in [5, 5.41) is 0. The molecule has 0 aliphatic heterocycles. The summed E-state index contributed by atoms with van der Waals surface area (Å²) in [4.78, 5) is 5.80. The fraction of sp³-hybridized carbons (Fsp3) is 0.400. The predicted octanol–water partition coefficient (Wildman–Crippen LogP) is 2.90. The first-order chi connectivity index (χ1) is 7.23. The van der Waals surface area contributed by atoms with Crippen LogP contribution in [-0.2, 0) is 6.18 Å². The second-order valence-electron chi connectivity index (χ2n) is 3.54. The molecule has 0 amide bonds. The van der Waals surface area contributed by atoms with Crippen molar-refractivity contribution in [3.8, 4) is 0 Å². The molecule has 0 unspecified atom stereocenters. The molecule has 16 heavy (non-hydrogen) atoms. The van der Waals surface area contributed by atoms with E-state index < -0.39 is 11.7 Å². The SMILES string of the molecule is CC(=S)c1ncc(C(F)(F)F)cc1N(C)C. The third kappa shape index (κ3) is 2.69. The second kappa shape index (κ2) is 4.37. The van der Waals surface area contributed by atoms with Crippen molar-refractivity contribution in [1.82, 2.24) is 4.98 Å². The summed E-state index contributed by atoms with van der Waals surface area (Å²) in [7, 11) is 3.30. The lowest BCUT2D eigenvalue weighted by atomic mass is 10.1. The number of nitrogens with zero attached hydrogens (tertiary/aromatic N) is 2. The molecule has 0 spiro atoms. The molecule has 0 saturated heterocycles. The van der Waals surface area contributed by atoms with E-state index in [4.69, 9.17) is 12.2 Å². The van der Waals surface area contributed by atoms with E-state index in [0.29, 0.717) is 16.2 Å². The molecule has 1 aromatic heterocycles. The Hall–Kier alpha value is -1.17. The highest BCUT2D eigenvalue weighted by Crippen LogP contribution is 2.32. The van der Waals surface area contributed by atoms with E-state index in [1.807, 2.05) is 0 Å². The van der Waals surface area contributed by atoms with Crippen LogP contribution in [0.1, 0.15) is 18.2 Å². The van der Waals surface area contributed by atoms with Crippen LogP contribution < -0.4 is 4.90 Å². The van der Waals surface area contributed by atoms with Gasteiger partial charge in [0.1, 0.15) is 0 Å². The number of aromatic nitrogens is 1. The lowest BCUT2D eigenvalue weighted by Gasteiger charge is -2.18. The molecule has 1 rings (SSSR count). The highest BCUT2D eigenvalue weighted by atomic mass is 32.1. The van der Waals surface area contributed by atoms with Gasteiger partial charge in [0, 0.05) is 25.2 Å². The minimum Gasteiger partial charge on any atom is -0.376 e. The summed E-state index contributed by atoms with van der Waals surface area (Å²) in [6, 6.07) is 1.05. The number of halogens is 3. The maximum absolute atomic E-state index is 12.5. The Labute approximate surface area is 97.1 Å². The minimum absolute atomic E-state index is 0.377. The molecular weight excluding hydrogens is 237 g/mol. The Balaban J connectivity index is 3.34. The van der Waals surface area contributed by atoms with E-state index in [9.17, 15) is 13.2 Å². The monoisotopic (exact) mass is 248 g/mol. The van der Waals surface area contributed by atoms with Crippen LogP contribution >= 0.6 is 12.2 Å². The number of hydrogen-bond donors (Lipinski definition) is 0. The predicted molar refractivity (Wildman–Crippen MR) is 60.9 cm³/mol. The summed E-state index contributed by atoms with van der Waals surface area (Å²) >= 11 is 4.94. The van der Waals surface area contributed by atoms with Crippen LogP contribution in [0.4, 0.5) is 18.9 Å². The van der Waals surface area contributed by atoms with E-state index in [1.165, 1.54) is 0 Å². The van der Waals surface area contributed by atoms with Crippen molar-refractivity contribution in [2.24, 2.45) is 0 Å². The molecule has 0 atom stereocenters. The summed E-state index contributed by atoms with van der Waals surface area (Å²) in [6.45, 7) is 1.64. The van der Waals surface area contributed by atoms with Gasteiger partial charge < -0.3 is 4.90 Å². The molecule has 0 aliphatic rings. The molecule has 6 heteroatoms. The van der Waals surface area contributed by atoms with Crippen LogP contribution in [0, 0.1) is 0 Å². The van der Waals surface area contributed by atoms with Gasteiger partial charge in [0.25, 0.3) is 0 Å². The third-order valence-corrected chi connectivity index (χ3v) is 2.20. The van der Waals surface area contributed by atoms with Crippen LogP contribution in [0.5, 0.6) is 0 Å². The second-order valence-corrected chi connectivity index (χ2v) is 4.15. The van der Waals surface area contributed by atoms with Crippen molar-refractivity contribution in [3.05, 3.63) is 23.5 Å². The van der Waals surface area contributed by atoms with Crippen molar-refractivity contribution in [1.29, 1.82) is 0 Å². The van der Waals surface area contributed by atoms with Crippen molar-refractivity contribution < 1.29 is 13.2 Å². The van der Waals surface area contributed by atoms with Crippen LogP contribution in [0.2, 0.25) is 0 Å². The molecule has 88 valence electrons. The van der Waals surface area contributed by atoms with Gasteiger partial charge in [-0.15, -0.1) is 0 Å². The molecule has 0 saturated carbocycles. The molecule has 0 aliphatic carbocycles. The zero-order valence-electron chi connectivity index (χ0n) is 9.09. The number of rotatable bonds is 2. The van der Waals surface area contributed by atoms with Gasteiger partial charge in [-0.25, -0.2) is 0 Å². The van der Waals surface area contributed by atoms with Gasteiger partial charge >= 0.3 is 6.18 Å². The van der Waals surface area contributed by atoms with Gasteiger partial charge in [-0.1, -0.05) is 12.2 Å². The summed E-state index contributed by atoms with van der Waals surface area (Å²) < 4.78 is 37.4. The van der Waals surface area contributed by atoms with Gasteiger partial charge in [-0.05, 0) is 13.0 Å². The average Bonchev–Trinajstić information content (AvgIpc) is 2.15. The molecule has 0 bridgehead atoms. The highest BCUT2D eigenvalue weighted by Gasteiger charge is 2.32. The normalized spacial score (nSPS) is 11.4. The van der Waals surface area contributed by atoms with Crippen LogP contribution in [0.3, 0.4) is 0 Å². The van der Waals surface area contributed by atoms with Gasteiger partial charge in [0.05, 0.1) is 16.9 Å². The van der Waals surface area contributed by atoms with Crippen LogP contribution in [0.15, 0.2) is 12.3 Å². The number of anilines is 1. The number of pyridine rings is 1. The van der Waals surface area contributed by atoms with Gasteiger partial charge in [0.15, 0.2) is 0 Å². The largest absolute Gasteiger partial charge is 0.417 e. The van der Waals surface area contributed by atoms with E-state index in [2.05, 4.69) is 4.98 Å². The van der Waals surface area contributed by atoms with E-state index in [0.717, 1.165) is 12.3 Å². The standard InChI is InChI=1S/C10H11F3N2S/c1-6(16)9-8(15(2)3)4-7(5-14-9)10(11,12)13/h4-5H,1-3H3. The first-order valence-corrected chi connectivity index (χ1v) is 4.90.